The fraction of sp³-hybridized carbons (Fsp3) is 0.800. The second-order valence-corrected chi connectivity index (χ2v) is 3.45. The van der Waals surface area contributed by atoms with Gasteiger partial charge in [-0.1, -0.05) is 19.3 Å². The topological polar surface area (TPSA) is 43.4 Å². The fourth-order valence-electron chi connectivity index (χ4n) is 1.44. The Labute approximate surface area is 78.5 Å². The molecule has 0 N–H and O–H groups in total. The second kappa shape index (κ2) is 5.73. The molecule has 0 aromatic carbocycles. The van der Waals surface area contributed by atoms with E-state index in [0.29, 0.717) is 13.0 Å². The first-order valence-corrected chi connectivity index (χ1v) is 4.96. The predicted molar refractivity (Wildman–Crippen MR) is 48.3 cm³/mol. The molecule has 0 saturated carbocycles. The van der Waals surface area contributed by atoms with Crippen molar-refractivity contribution in [2.45, 2.75) is 44.9 Å². The van der Waals surface area contributed by atoms with Gasteiger partial charge in [-0.05, 0) is 12.8 Å². The van der Waals surface area contributed by atoms with E-state index in [-0.39, 0.29) is 18.2 Å². The van der Waals surface area contributed by atoms with E-state index in [1.54, 1.807) is 0 Å². The number of Topliss-reactive ketones (excluding diaryl/α,β-unsaturated/α-hetero) is 1. The van der Waals surface area contributed by atoms with Gasteiger partial charge in [-0.25, -0.2) is 0 Å². The van der Waals surface area contributed by atoms with E-state index in [4.69, 9.17) is 4.74 Å². The minimum atomic E-state index is -0.355. The molecule has 0 unspecified atom stereocenters. The zero-order valence-corrected chi connectivity index (χ0v) is 7.88. The van der Waals surface area contributed by atoms with Gasteiger partial charge in [-0.15, -0.1) is 0 Å². The van der Waals surface area contributed by atoms with Gasteiger partial charge < -0.3 is 4.74 Å². The molecule has 1 heterocycles. The molecule has 0 bridgehead atoms. The van der Waals surface area contributed by atoms with Gasteiger partial charge in [-0.2, -0.15) is 0 Å². The third kappa shape index (κ3) is 4.65. The molecule has 0 aliphatic carbocycles. The summed E-state index contributed by atoms with van der Waals surface area (Å²) >= 11 is 0. The largest absolute Gasteiger partial charge is 0.465 e. The highest BCUT2D eigenvalue weighted by atomic mass is 16.5. The van der Waals surface area contributed by atoms with Crippen molar-refractivity contribution < 1.29 is 14.3 Å². The summed E-state index contributed by atoms with van der Waals surface area (Å²) in [5, 5.41) is 0. The van der Waals surface area contributed by atoms with Crippen molar-refractivity contribution in [3.05, 3.63) is 0 Å². The third-order valence-corrected chi connectivity index (χ3v) is 2.20. The number of carbonyl (C=O) groups excluding carboxylic acids is 2. The van der Waals surface area contributed by atoms with Gasteiger partial charge in [0.2, 0.25) is 0 Å². The van der Waals surface area contributed by atoms with Gasteiger partial charge in [-0.3, -0.25) is 9.59 Å². The lowest BCUT2D eigenvalue weighted by Gasteiger charge is -2.01. The van der Waals surface area contributed by atoms with Crippen molar-refractivity contribution in [1.29, 1.82) is 0 Å². The molecule has 0 spiro atoms. The number of hydrogen-bond donors (Lipinski definition) is 0. The van der Waals surface area contributed by atoms with Crippen LogP contribution < -0.4 is 0 Å². The first-order valence-electron chi connectivity index (χ1n) is 4.96. The third-order valence-electron chi connectivity index (χ3n) is 2.20. The van der Waals surface area contributed by atoms with Crippen molar-refractivity contribution in [2.24, 2.45) is 0 Å². The fourth-order valence-corrected chi connectivity index (χ4v) is 1.44. The number of ether oxygens (including phenoxy) is 1. The van der Waals surface area contributed by atoms with Crippen LogP contribution in [0.15, 0.2) is 0 Å². The Bertz CT molecular complexity index is 167. The molecule has 3 heteroatoms. The van der Waals surface area contributed by atoms with Crippen LogP contribution in [-0.2, 0) is 14.3 Å². The van der Waals surface area contributed by atoms with E-state index < -0.39 is 0 Å². The standard InChI is InChI=1S/C10H16O3/c11-9-6-4-2-1-3-5-7-13-10(12)8-9/h1-8H2. The molecule has 1 saturated heterocycles. The van der Waals surface area contributed by atoms with Crippen LogP contribution >= 0.6 is 0 Å². The van der Waals surface area contributed by atoms with Gasteiger partial charge in [0.05, 0.1) is 6.61 Å². The summed E-state index contributed by atoms with van der Waals surface area (Å²) in [6, 6.07) is 0. The zero-order valence-electron chi connectivity index (χ0n) is 7.88. The number of hydrogen-bond acceptors (Lipinski definition) is 3. The average molecular weight is 184 g/mol. The Morgan fingerprint density at radius 3 is 2.46 bits per heavy atom. The van der Waals surface area contributed by atoms with Crippen molar-refractivity contribution in [3.63, 3.8) is 0 Å². The van der Waals surface area contributed by atoms with Crippen molar-refractivity contribution in [2.75, 3.05) is 6.61 Å². The van der Waals surface area contributed by atoms with Crippen LogP contribution in [0, 0.1) is 0 Å². The Morgan fingerprint density at radius 1 is 0.923 bits per heavy atom. The Balaban J connectivity index is 2.34. The quantitative estimate of drug-likeness (QED) is 0.426. The summed E-state index contributed by atoms with van der Waals surface area (Å²) < 4.78 is 4.88. The lowest BCUT2D eigenvalue weighted by atomic mass is 10.1. The van der Waals surface area contributed by atoms with Gasteiger partial charge >= 0.3 is 5.97 Å². The van der Waals surface area contributed by atoms with Crippen LogP contribution in [0.4, 0.5) is 0 Å². The molecule has 0 amide bonds. The smallest absolute Gasteiger partial charge is 0.313 e. The lowest BCUT2D eigenvalue weighted by molar-refractivity contribution is -0.146. The minimum absolute atomic E-state index is 0.0203. The highest BCUT2D eigenvalue weighted by molar-refractivity contribution is 5.95. The molecule has 1 aliphatic heterocycles. The summed E-state index contributed by atoms with van der Waals surface area (Å²) in [6.07, 6.45) is 5.70. The molecule has 1 fully saturated rings. The molecule has 0 aromatic heterocycles. The Kier molecular flexibility index (Phi) is 4.50. The van der Waals surface area contributed by atoms with Gasteiger partial charge in [0.1, 0.15) is 12.2 Å². The number of cyclic esters (lactones) is 1. The molecule has 0 aromatic rings. The molecular weight excluding hydrogens is 168 g/mol. The second-order valence-electron chi connectivity index (χ2n) is 3.45. The van der Waals surface area contributed by atoms with Crippen molar-refractivity contribution >= 4 is 11.8 Å². The van der Waals surface area contributed by atoms with Gasteiger partial charge in [0.15, 0.2) is 0 Å². The zero-order chi connectivity index (χ0) is 9.52. The van der Waals surface area contributed by atoms with Crippen molar-refractivity contribution in [1.82, 2.24) is 0 Å². The summed E-state index contributed by atoms with van der Waals surface area (Å²) in [7, 11) is 0. The van der Waals surface area contributed by atoms with Crippen LogP contribution in [0.5, 0.6) is 0 Å². The summed E-state index contributed by atoms with van der Waals surface area (Å²) in [5.74, 6) is -0.334. The average Bonchev–Trinajstić information content (AvgIpc) is 2.11. The summed E-state index contributed by atoms with van der Waals surface area (Å²) in [4.78, 5) is 22.1. The lowest BCUT2D eigenvalue weighted by Crippen LogP contribution is -2.11. The SMILES string of the molecule is O=C1CCCCCCCOC(=O)C1. The normalized spacial score (nSPS) is 21.8. The van der Waals surface area contributed by atoms with Crippen molar-refractivity contribution in [3.8, 4) is 0 Å². The number of rotatable bonds is 0. The highest BCUT2D eigenvalue weighted by Gasteiger charge is 2.11. The molecule has 1 aliphatic rings. The van der Waals surface area contributed by atoms with Crippen LogP contribution in [0.2, 0.25) is 0 Å². The molecule has 13 heavy (non-hydrogen) atoms. The van der Waals surface area contributed by atoms with Crippen LogP contribution in [0.25, 0.3) is 0 Å². The van der Waals surface area contributed by atoms with Gasteiger partial charge in [0.25, 0.3) is 0 Å². The highest BCUT2D eigenvalue weighted by Crippen LogP contribution is 2.09. The van der Waals surface area contributed by atoms with E-state index >= 15 is 0 Å². The van der Waals surface area contributed by atoms with E-state index in [1.165, 1.54) is 0 Å². The van der Waals surface area contributed by atoms with E-state index in [0.717, 1.165) is 32.1 Å². The number of esters is 1. The molecular formula is C10H16O3. The number of carbonyl (C=O) groups is 2. The van der Waals surface area contributed by atoms with Crippen LogP contribution in [0.1, 0.15) is 44.9 Å². The number of ketones is 1. The molecule has 1 rings (SSSR count). The molecule has 0 atom stereocenters. The maximum Gasteiger partial charge on any atom is 0.313 e. The maximum atomic E-state index is 11.1. The van der Waals surface area contributed by atoms with Gasteiger partial charge in [0, 0.05) is 6.42 Å². The first-order chi connectivity index (χ1) is 6.29. The van der Waals surface area contributed by atoms with Crippen LogP contribution in [0.3, 0.4) is 0 Å². The first kappa shape index (κ1) is 10.2. The summed E-state index contributed by atoms with van der Waals surface area (Å²) in [6.45, 7) is 0.478. The van der Waals surface area contributed by atoms with Crippen LogP contribution in [-0.4, -0.2) is 18.4 Å². The molecule has 0 radical (unpaired) electrons. The monoisotopic (exact) mass is 184 g/mol. The predicted octanol–water partition coefficient (Wildman–Crippen LogP) is 1.84. The summed E-state index contributed by atoms with van der Waals surface area (Å²) in [5.41, 5.74) is 0. The minimum Gasteiger partial charge on any atom is -0.465 e. The van der Waals surface area contributed by atoms with E-state index in [2.05, 4.69) is 0 Å². The Hall–Kier alpha value is -0.860. The van der Waals surface area contributed by atoms with E-state index in [9.17, 15) is 9.59 Å². The Morgan fingerprint density at radius 2 is 1.62 bits per heavy atom. The molecule has 74 valence electrons. The maximum absolute atomic E-state index is 11.1. The molecule has 3 nitrogen and oxygen atoms in total. The van der Waals surface area contributed by atoms with E-state index in [1.807, 2.05) is 0 Å².